The largest absolute Gasteiger partial charge is 0.389 e. The number of aliphatic hydroxyl groups is 1. The highest BCUT2D eigenvalue weighted by atomic mass is 16.5. The molecular formula is C16H31NO2. The lowest BCUT2D eigenvalue weighted by Gasteiger charge is -2.32. The molecule has 2 aliphatic rings. The van der Waals surface area contributed by atoms with Gasteiger partial charge in [-0.3, -0.25) is 0 Å². The molecule has 3 unspecified atom stereocenters. The first kappa shape index (κ1) is 15.3. The maximum absolute atomic E-state index is 9.98. The Morgan fingerprint density at radius 1 is 1.11 bits per heavy atom. The molecule has 0 aliphatic heterocycles. The topological polar surface area (TPSA) is 41.5 Å². The van der Waals surface area contributed by atoms with Crippen LogP contribution in [0.1, 0.15) is 58.8 Å². The summed E-state index contributed by atoms with van der Waals surface area (Å²) in [7, 11) is 0. The molecule has 2 saturated carbocycles. The van der Waals surface area contributed by atoms with E-state index in [4.69, 9.17) is 4.74 Å². The summed E-state index contributed by atoms with van der Waals surface area (Å²) < 4.78 is 5.76. The van der Waals surface area contributed by atoms with Gasteiger partial charge in [0.25, 0.3) is 0 Å². The third-order valence-electron chi connectivity index (χ3n) is 4.65. The molecule has 19 heavy (non-hydrogen) atoms. The fraction of sp³-hybridized carbons (Fsp3) is 1.00. The fourth-order valence-electron chi connectivity index (χ4n) is 3.78. The van der Waals surface area contributed by atoms with Gasteiger partial charge in [-0.15, -0.1) is 0 Å². The molecular weight excluding hydrogens is 238 g/mol. The molecule has 0 heterocycles. The van der Waals surface area contributed by atoms with Crippen LogP contribution in [-0.2, 0) is 4.74 Å². The zero-order valence-corrected chi connectivity index (χ0v) is 12.6. The van der Waals surface area contributed by atoms with E-state index in [0.717, 1.165) is 11.8 Å². The van der Waals surface area contributed by atoms with Crippen molar-refractivity contribution in [1.29, 1.82) is 0 Å². The first-order valence-electron chi connectivity index (χ1n) is 8.16. The normalized spacial score (nSPS) is 34.6. The summed E-state index contributed by atoms with van der Waals surface area (Å²) in [5.74, 6) is 1.63. The SMILES string of the molecule is CC1CC(C)CC(NCC(O)COC2CCCC2)C1. The maximum atomic E-state index is 9.98. The average Bonchev–Trinajstić information content (AvgIpc) is 2.86. The van der Waals surface area contributed by atoms with Gasteiger partial charge in [0.05, 0.1) is 18.8 Å². The molecule has 0 amide bonds. The van der Waals surface area contributed by atoms with Gasteiger partial charge in [-0.2, -0.15) is 0 Å². The van der Waals surface area contributed by atoms with Gasteiger partial charge in [0.15, 0.2) is 0 Å². The molecule has 0 radical (unpaired) electrons. The van der Waals surface area contributed by atoms with Crippen LogP contribution < -0.4 is 5.32 Å². The van der Waals surface area contributed by atoms with E-state index in [1.807, 2.05) is 0 Å². The lowest BCUT2D eigenvalue weighted by Crippen LogP contribution is -2.41. The molecule has 0 saturated heterocycles. The minimum Gasteiger partial charge on any atom is -0.389 e. The predicted octanol–water partition coefficient (Wildman–Crippen LogP) is 2.72. The van der Waals surface area contributed by atoms with Gasteiger partial charge >= 0.3 is 0 Å². The van der Waals surface area contributed by atoms with Crippen molar-refractivity contribution in [3.8, 4) is 0 Å². The molecule has 0 aromatic rings. The molecule has 2 aliphatic carbocycles. The van der Waals surface area contributed by atoms with Crippen molar-refractivity contribution in [2.75, 3.05) is 13.2 Å². The summed E-state index contributed by atoms with van der Waals surface area (Å²) in [5.41, 5.74) is 0. The van der Waals surface area contributed by atoms with Crippen LogP contribution >= 0.6 is 0 Å². The first-order valence-corrected chi connectivity index (χ1v) is 8.16. The third kappa shape index (κ3) is 5.41. The van der Waals surface area contributed by atoms with Crippen LogP contribution in [-0.4, -0.2) is 36.5 Å². The molecule has 0 bridgehead atoms. The molecule has 0 aromatic heterocycles. The molecule has 2 fully saturated rings. The van der Waals surface area contributed by atoms with Crippen LogP contribution in [0, 0.1) is 11.8 Å². The highest BCUT2D eigenvalue weighted by molar-refractivity contribution is 4.80. The standard InChI is InChI=1S/C16H31NO2/c1-12-7-13(2)9-14(8-12)17-10-15(18)11-19-16-5-3-4-6-16/h12-18H,3-11H2,1-2H3. The summed E-state index contributed by atoms with van der Waals surface area (Å²) in [5, 5.41) is 13.5. The van der Waals surface area contributed by atoms with Crippen molar-refractivity contribution in [3.63, 3.8) is 0 Å². The highest BCUT2D eigenvalue weighted by Gasteiger charge is 2.24. The zero-order valence-electron chi connectivity index (χ0n) is 12.6. The van der Waals surface area contributed by atoms with Crippen molar-refractivity contribution in [1.82, 2.24) is 5.32 Å². The summed E-state index contributed by atoms with van der Waals surface area (Å²) in [6, 6.07) is 0.583. The lowest BCUT2D eigenvalue weighted by atomic mass is 9.80. The average molecular weight is 269 g/mol. The Bertz CT molecular complexity index is 243. The van der Waals surface area contributed by atoms with Crippen LogP contribution in [0.3, 0.4) is 0 Å². The van der Waals surface area contributed by atoms with E-state index in [0.29, 0.717) is 25.3 Å². The number of aliphatic hydroxyl groups excluding tert-OH is 1. The molecule has 3 heteroatoms. The van der Waals surface area contributed by atoms with E-state index in [1.165, 1.54) is 44.9 Å². The van der Waals surface area contributed by atoms with Crippen LogP contribution in [0.4, 0.5) is 0 Å². The van der Waals surface area contributed by atoms with Crippen LogP contribution in [0.2, 0.25) is 0 Å². The molecule has 3 atom stereocenters. The van der Waals surface area contributed by atoms with Gasteiger partial charge < -0.3 is 15.2 Å². The Labute approximate surface area is 118 Å². The van der Waals surface area contributed by atoms with E-state index < -0.39 is 0 Å². The number of rotatable bonds is 6. The van der Waals surface area contributed by atoms with Crippen LogP contribution in [0.15, 0.2) is 0 Å². The molecule has 0 aromatic carbocycles. The predicted molar refractivity (Wildman–Crippen MR) is 78.2 cm³/mol. The number of ether oxygens (including phenoxy) is 1. The summed E-state index contributed by atoms with van der Waals surface area (Å²) >= 11 is 0. The van der Waals surface area contributed by atoms with Crippen molar-refractivity contribution < 1.29 is 9.84 Å². The van der Waals surface area contributed by atoms with Crippen LogP contribution in [0.5, 0.6) is 0 Å². The number of hydrogen-bond acceptors (Lipinski definition) is 3. The Balaban J connectivity index is 1.58. The van der Waals surface area contributed by atoms with Gasteiger partial charge in [-0.1, -0.05) is 26.7 Å². The number of nitrogens with one attached hydrogen (secondary N) is 1. The van der Waals surface area contributed by atoms with Gasteiger partial charge in [-0.05, 0) is 43.9 Å². The summed E-state index contributed by atoms with van der Waals surface area (Å²) in [4.78, 5) is 0. The Hall–Kier alpha value is -0.120. The second-order valence-corrected chi connectivity index (χ2v) is 6.92. The Morgan fingerprint density at radius 3 is 2.37 bits per heavy atom. The van der Waals surface area contributed by atoms with Gasteiger partial charge in [-0.25, -0.2) is 0 Å². The quantitative estimate of drug-likeness (QED) is 0.779. The van der Waals surface area contributed by atoms with Crippen molar-refractivity contribution in [3.05, 3.63) is 0 Å². The van der Waals surface area contributed by atoms with E-state index in [9.17, 15) is 5.11 Å². The molecule has 2 N–H and O–H groups in total. The highest BCUT2D eigenvalue weighted by Crippen LogP contribution is 2.28. The molecule has 3 nitrogen and oxygen atoms in total. The smallest absolute Gasteiger partial charge is 0.0897 e. The Kier molecular flexibility index (Phi) is 6.11. The minimum absolute atomic E-state index is 0.354. The second kappa shape index (κ2) is 7.61. The van der Waals surface area contributed by atoms with Crippen molar-refractivity contribution in [2.24, 2.45) is 11.8 Å². The molecule has 2 rings (SSSR count). The monoisotopic (exact) mass is 269 g/mol. The third-order valence-corrected chi connectivity index (χ3v) is 4.65. The van der Waals surface area contributed by atoms with Crippen molar-refractivity contribution >= 4 is 0 Å². The van der Waals surface area contributed by atoms with E-state index >= 15 is 0 Å². The number of hydrogen-bond donors (Lipinski definition) is 2. The van der Waals surface area contributed by atoms with Gasteiger partial charge in [0.1, 0.15) is 0 Å². The van der Waals surface area contributed by atoms with E-state index in [1.54, 1.807) is 0 Å². The van der Waals surface area contributed by atoms with Crippen molar-refractivity contribution in [2.45, 2.75) is 77.0 Å². The van der Waals surface area contributed by atoms with Crippen LogP contribution in [0.25, 0.3) is 0 Å². The minimum atomic E-state index is -0.354. The Morgan fingerprint density at radius 2 is 1.74 bits per heavy atom. The van der Waals surface area contributed by atoms with E-state index in [2.05, 4.69) is 19.2 Å². The lowest BCUT2D eigenvalue weighted by molar-refractivity contribution is -0.00704. The van der Waals surface area contributed by atoms with Gasteiger partial charge in [0, 0.05) is 12.6 Å². The summed E-state index contributed by atoms with van der Waals surface area (Å²) in [6.07, 6.45) is 8.84. The summed E-state index contributed by atoms with van der Waals surface area (Å²) in [6.45, 7) is 5.85. The molecule has 0 spiro atoms. The van der Waals surface area contributed by atoms with E-state index in [-0.39, 0.29) is 6.10 Å². The second-order valence-electron chi connectivity index (χ2n) is 6.92. The molecule has 112 valence electrons. The fourth-order valence-corrected chi connectivity index (χ4v) is 3.78. The maximum Gasteiger partial charge on any atom is 0.0897 e. The first-order chi connectivity index (χ1) is 9.13. The van der Waals surface area contributed by atoms with Gasteiger partial charge in [0.2, 0.25) is 0 Å². The zero-order chi connectivity index (χ0) is 13.7.